The first-order chi connectivity index (χ1) is 14.4. The van der Waals surface area contributed by atoms with Crippen molar-refractivity contribution >= 4 is 34.3 Å². The molecule has 1 fully saturated rings. The Morgan fingerprint density at radius 1 is 0.933 bits per heavy atom. The maximum absolute atomic E-state index is 13.6. The zero-order valence-corrected chi connectivity index (χ0v) is 17.0. The number of rotatable bonds is 1. The van der Waals surface area contributed by atoms with Crippen LogP contribution in [0, 0.1) is 12.8 Å². The van der Waals surface area contributed by atoms with Crippen molar-refractivity contribution in [2.45, 2.75) is 25.8 Å². The molecule has 3 amide bonds. The van der Waals surface area contributed by atoms with Crippen LogP contribution in [0.15, 0.2) is 54.6 Å². The first-order valence-corrected chi connectivity index (χ1v) is 10.00. The summed E-state index contributed by atoms with van der Waals surface area (Å²) in [7, 11) is 1.67. The van der Waals surface area contributed by atoms with Crippen molar-refractivity contribution in [3.8, 4) is 0 Å². The average molecular weight is 399 g/mol. The van der Waals surface area contributed by atoms with Gasteiger partial charge in [-0.2, -0.15) is 0 Å². The Bertz CT molecular complexity index is 1220. The van der Waals surface area contributed by atoms with E-state index in [0.717, 1.165) is 16.5 Å². The summed E-state index contributed by atoms with van der Waals surface area (Å²) < 4.78 is 0. The molecule has 0 spiro atoms. The lowest BCUT2D eigenvalue weighted by molar-refractivity contribution is -0.136. The fraction of sp³-hybridized carbons (Fsp3) is 0.250. The third kappa shape index (κ3) is 2.49. The quantitative estimate of drug-likeness (QED) is 0.589. The molecule has 3 heterocycles. The molecular formula is C24H21N3O3. The summed E-state index contributed by atoms with van der Waals surface area (Å²) in [6.07, 6.45) is 0. The van der Waals surface area contributed by atoms with Gasteiger partial charge in [0.2, 0.25) is 11.8 Å². The third-order valence-corrected chi connectivity index (χ3v) is 6.26. The molecule has 2 aliphatic rings. The molecule has 0 N–H and O–H groups in total. The molecular weight excluding hydrogens is 378 g/mol. The zero-order chi connectivity index (χ0) is 21.2. The van der Waals surface area contributed by atoms with E-state index >= 15 is 0 Å². The van der Waals surface area contributed by atoms with Crippen molar-refractivity contribution in [3.05, 3.63) is 71.4 Å². The van der Waals surface area contributed by atoms with Crippen LogP contribution in [0.3, 0.4) is 0 Å². The SMILES string of the molecule is Cc1ccc2nc3c(cc2c1)C(=O)N(C)C1C(C)C(=O)N(c2ccccc2)C(=O)C31. The number of amides is 3. The van der Waals surface area contributed by atoms with Crippen LogP contribution in [0.5, 0.6) is 0 Å². The fourth-order valence-electron chi connectivity index (χ4n) is 4.75. The van der Waals surface area contributed by atoms with E-state index in [9.17, 15) is 14.4 Å². The lowest BCUT2D eigenvalue weighted by atomic mass is 9.76. The van der Waals surface area contributed by atoms with Crippen molar-refractivity contribution in [3.63, 3.8) is 0 Å². The Morgan fingerprint density at radius 2 is 1.67 bits per heavy atom. The van der Waals surface area contributed by atoms with Gasteiger partial charge in [0.15, 0.2) is 0 Å². The second-order valence-corrected chi connectivity index (χ2v) is 8.14. The smallest absolute Gasteiger partial charge is 0.255 e. The number of pyridine rings is 1. The van der Waals surface area contributed by atoms with Crippen LogP contribution in [0.4, 0.5) is 5.69 Å². The third-order valence-electron chi connectivity index (χ3n) is 6.26. The minimum absolute atomic E-state index is 0.206. The van der Waals surface area contributed by atoms with Gasteiger partial charge in [-0.1, -0.05) is 36.8 Å². The number of hydrogen-bond donors (Lipinski definition) is 0. The highest BCUT2D eigenvalue weighted by molar-refractivity contribution is 6.21. The largest absolute Gasteiger partial charge is 0.337 e. The van der Waals surface area contributed by atoms with Gasteiger partial charge in [0.1, 0.15) is 5.92 Å². The Labute approximate surface area is 174 Å². The molecule has 3 unspecified atom stereocenters. The molecule has 6 heteroatoms. The number of imide groups is 1. The first kappa shape index (κ1) is 18.5. The van der Waals surface area contributed by atoms with Gasteiger partial charge in [0.05, 0.1) is 34.4 Å². The van der Waals surface area contributed by atoms with Crippen LogP contribution in [-0.2, 0) is 9.59 Å². The van der Waals surface area contributed by atoms with Gasteiger partial charge in [0.25, 0.3) is 5.91 Å². The molecule has 2 aromatic carbocycles. The van der Waals surface area contributed by atoms with E-state index in [1.165, 1.54) is 4.90 Å². The average Bonchev–Trinajstić information content (AvgIpc) is 2.74. The minimum Gasteiger partial charge on any atom is -0.337 e. The number of fused-ring (bicyclic) bond motifs is 4. The fourth-order valence-corrected chi connectivity index (χ4v) is 4.75. The van der Waals surface area contributed by atoms with Gasteiger partial charge >= 0.3 is 0 Å². The molecule has 0 bridgehead atoms. The molecule has 0 saturated carbocycles. The van der Waals surface area contributed by atoms with Gasteiger partial charge < -0.3 is 4.90 Å². The molecule has 6 nitrogen and oxygen atoms in total. The maximum atomic E-state index is 13.6. The predicted molar refractivity (Wildman–Crippen MR) is 113 cm³/mol. The van der Waals surface area contributed by atoms with E-state index < -0.39 is 17.9 Å². The number of likely N-dealkylation sites (N-methyl/N-ethyl adjacent to an activating group) is 1. The number of para-hydroxylation sites is 1. The van der Waals surface area contributed by atoms with Gasteiger partial charge in [0, 0.05) is 12.4 Å². The lowest BCUT2D eigenvalue weighted by Crippen LogP contribution is -2.62. The number of carbonyl (C=O) groups excluding carboxylic acids is 3. The number of benzene rings is 2. The molecule has 5 rings (SSSR count). The Balaban J connectivity index is 1.73. The van der Waals surface area contributed by atoms with Crippen molar-refractivity contribution in [2.75, 3.05) is 11.9 Å². The van der Waals surface area contributed by atoms with Crippen LogP contribution in [0.1, 0.15) is 34.5 Å². The van der Waals surface area contributed by atoms with Crippen molar-refractivity contribution < 1.29 is 14.4 Å². The summed E-state index contributed by atoms with van der Waals surface area (Å²) in [5, 5.41) is 0.862. The Hall–Kier alpha value is -3.54. The molecule has 0 radical (unpaired) electrons. The standard InChI is InChI=1S/C24H21N3O3/c1-13-9-10-18-15(11-13)12-17-20(25-18)19-21(26(3)23(17)29)14(2)22(28)27(24(19)30)16-7-5-4-6-8-16/h4-12,14,19,21H,1-3H3. The predicted octanol–water partition coefficient (Wildman–Crippen LogP) is 3.29. The molecule has 30 heavy (non-hydrogen) atoms. The van der Waals surface area contributed by atoms with Gasteiger partial charge in [-0.25, -0.2) is 4.90 Å². The van der Waals surface area contributed by atoms with E-state index in [4.69, 9.17) is 4.98 Å². The van der Waals surface area contributed by atoms with E-state index in [1.807, 2.05) is 37.3 Å². The van der Waals surface area contributed by atoms with E-state index in [0.29, 0.717) is 16.9 Å². The highest BCUT2D eigenvalue weighted by atomic mass is 16.2. The molecule has 2 aliphatic heterocycles. The monoisotopic (exact) mass is 399 g/mol. The number of piperidine rings is 1. The first-order valence-electron chi connectivity index (χ1n) is 10.00. The summed E-state index contributed by atoms with van der Waals surface area (Å²) in [5.41, 5.74) is 3.24. The molecule has 150 valence electrons. The van der Waals surface area contributed by atoms with Crippen LogP contribution in [0.25, 0.3) is 10.9 Å². The summed E-state index contributed by atoms with van der Waals surface area (Å²) in [5.74, 6) is -2.07. The zero-order valence-electron chi connectivity index (χ0n) is 17.0. The summed E-state index contributed by atoms with van der Waals surface area (Å²) in [6.45, 7) is 3.76. The lowest BCUT2D eigenvalue weighted by Gasteiger charge is -2.47. The highest BCUT2D eigenvalue weighted by Crippen LogP contribution is 2.42. The highest BCUT2D eigenvalue weighted by Gasteiger charge is 2.54. The minimum atomic E-state index is -0.693. The van der Waals surface area contributed by atoms with Gasteiger partial charge in [-0.15, -0.1) is 0 Å². The van der Waals surface area contributed by atoms with Crippen LogP contribution >= 0.6 is 0 Å². The number of carbonyl (C=O) groups is 3. The number of nitrogens with zero attached hydrogens (tertiary/aromatic N) is 3. The van der Waals surface area contributed by atoms with Crippen LogP contribution in [-0.4, -0.2) is 40.7 Å². The maximum Gasteiger partial charge on any atom is 0.255 e. The van der Waals surface area contributed by atoms with Gasteiger partial charge in [-0.3, -0.25) is 19.4 Å². The number of hydrogen-bond acceptors (Lipinski definition) is 4. The molecule has 3 atom stereocenters. The van der Waals surface area contributed by atoms with Gasteiger partial charge in [-0.05, 0) is 37.3 Å². The topological polar surface area (TPSA) is 70.6 Å². The molecule has 3 aromatic rings. The van der Waals surface area contributed by atoms with Crippen LogP contribution in [0.2, 0.25) is 0 Å². The van der Waals surface area contributed by atoms with E-state index in [1.54, 1.807) is 43.1 Å². The normalized spacial score (nSPS) is 23.6. The van der Waals surface area contributed by atoms with E-state index in [-0.39, 0.29) is 17.7 Å². The Morgan fingerprint density at radius 3 is 2.40 bits per heavy atom. The Kier molecular flexibility index (Phi) is 4.00. The summed E-state index contributed by atoms with van der Waals surface area (Å²) >= 11 is 0. The summed E-state index contributed by atoms with van der Waals surface area (Å²) in [6, 6.07) is 16.0. The van der Waals surface area contributed by atoms with Crippen molar-refractivity contribution in [2.24, 2.45) is 5.92 Å². The van der Waals surface area contributed by atoms with Crippen molar-refractivity contribution in [1.29, 1.82) is 0 Å². The number of anilines is 1. The summed E-state index contributed by atoms with van der Waals surface area (Å²) in [4.78, 5) is 47.5. The molecule has 0 aliphatic carbocycles. The number of aryl methyl sites for hydroxylation is 1. The number of aromatic nitrogens is 1. The van der Waals surface area contributed by atoms with E-state index in [2.05, 4.69) is 0 Å². The van der Waals surface area contributed by atoms with Crippen LogP contribution < -0.4 is 4.90 Å². The second kappa shape index (κ2) is 6.49. The second-order valence-electron chi connectivity index (χ2n) is 8.14. The van der Waals surface area contributed by atoms with Crippen molar-refractivity contribution in [1.82, 2.24) is 9.88 Å². The molecule has 1 saturated heterocycles. The molecule has 1 aromatic heterocycles.